The minimum atomic E-state index is -0.240. The quantitative estimate of drug-likeness (QED) is 0.741. The number of carbonyl (C=O) groups excluding carboxylic acids is 1. The normalized spacial score (nSPS) is 16.2. The minimum Gasteiger partial charge on any atom is -0.492 e. The van der Waals surface area contributed by atoms with Crippen molar-refractivity contribution in [2.45, 2.75) is 26.4 Å². The van der Waals surface area contributed by atoms with E-state index in [1.807, 2.05) is 26.0 Å². The Kier molecular flexibility index (Phi) is 5.41. The lowest BCUT2D eigenvalue weighted by Crippen LogP contribution is -2.21. The molecule has 0 saturated carbocycles. The molecular formula is C15H22N2O4. The number of nitrogens with one attached hydrogen (secondary N) is 1. The van der Waals surface area contributed by atoms with E-state index in [0.29, 0.717) is 31.2 Å². The van der Waals surface area contributed by atoms with Gasteiger partial charge in [-0.15, -0.1) is 0 Å². The van der Waals surface area contributed by atoms with Crippen LogP contribution in [0.1, 0.15) is 19.4 Å². The molecule has 1 aromatic rings. The molecule has 1 aliphatic rings. The molecule has 2 rings (SSSR count). The van der Waals surface area contributed by atoms with Crippen molar-refractivity contribution in [1.29, 1.82) is 0 Å². The van der Waals surface area contributed by atoms with Gasteiger partial charge in [-0.2, -0.15) is 0 Å². The molecule has 0 fully saturated rings. The summed E-state index contributed by atoms with van der Waals surface area (Å²) in [5, 5.41) is 2.79. The first-order chi connectivity index (χ1) is 10.1. The molecule has 6 nitrogen and oxygen atoms in total. The van der Waals surface area contributed by atoms with Crippen LogP contribution in [0.5, 0.6) is 11.5 Å². The van der Waals surface area contributed by atoms with Crippen molar-refractivity contribution in [3.05, 3.63) is 17.7 Å². The number of fused-ring (bicyclic) bond motifs is 1. The van der Waals surface area contributed by atoms with Crippen molar-refractivity contribution in [2.75, 3.05) is 31.7 Å². The van der Waals surface area contributed by atoms with Crippen molar-refractivity contribution in [3.63, 3.8) is 0 Å². The van der Waals surface area contributed by atoms with Crippen LogP contribution in [-0.4, -0.2) is 38.4 Å². The van der Waals surface area contributed by atoms with Crippen LogP contribution in [0, 0.1) is 0 Å². The summed E-state index contributed by atoms with van der Waals surface area (Å²) in [5.74, 6) is 1.21. The van der Waals surface area contributed by atoms with Crippen LogP contribution in [0.4, 0.5) is 5.69 Å². The number of rotatable bonds is 7. The van der Waals surface area contributed by atoms with Crippen LogP contribution in [0.3, 0.4) is 0 Å². The van der Waals surface area contributed by atoms with Crippen LogP contribution >= 0.6 is 0 Å². The van der Waals surface area contributed by atoms with Gasteiger partial charge in [-0.3, -0.25) is 4.79 Å². The van der Waals surface area contributed by atoms with E-state index in [4.69, 9.17) is 19.9 Å². The van der Waals surface area contributed by atoms with Crippen LogP contribution in [0.2, 0.25) is 0 Å². The fraction of sp³-hybridized carbons (Fsp3) is 0.533. The molecular weight excluding hydrogens is 272 g/mol. The van der Waals surface area contributed by atoms with Crippen LogP contribution < -0.4 is 20.5 Å². The van der Waals surface area contributed by atoms with E-state index < -0.39 is 0 Å². The maximum absolute atomic E-state index is 11.8. The Morgan fingerprint density at radius 3 is 3.05 bits per heavy atom. The van der Waals surface area contributed by atoms with Gasteiger partial charge in [0.1, 0.15) is 24.2 Å². The maximum atomic E-state index is 11.8. The van der Waals surface area contributed by atoms with Gasteiger partial charge in [-0.25, -0.2) is 0 Å². The molecule has 1 aromatic carbocycles. The first kappa shape index (κ1) is 15.6. The van der Waals surface area contributed by atoms with E-state index in [-0.39, 0.29) is 18.6 Å². The second-order valence-corrected chi connectivity index (χ2v) is 4.91. The van der Waals surface area contributed by atoms with Crippen molar-refractivity contribution < 1.29 is 19.0 Å². The highest BCUT2D eigenvalue weighted by molar-refractivity contribution is 5.93. The summed E-state index contributed by atoms with van der Waals surface area (Å²) >= 11 is 0. The molecule has 0 radical (unpaired) electrons. The van der Waals surface area contributed by atoms with Crippen molar-refractivity contribution in [2.24, 2.45) is 5.73 Å². The third kappa shape index (κ3) is 4.09. The zero-order valence-electron chi connectivity index (χ0n) is 12.5. The third-order valence-electron chi connectivity index (χ3n) is 3.07. The largest absolute Gasteiger partial charge is 0.492 e. The third-order valence-corrected chi connectivity index (χ3v) is 3.07. The van der Waals surface area contributed by atoms with E-state index in [2.05, 4.69) is 5.32 Å². The van der Waals surface area contributed by atoms with E-state index in [1.54, 1.807) is 0 Å². The lowest BCUT2D eigenvalue weighted by atomic mass is 10.1. The number of nitrogens with two attached hydrogens (primary N) is 1. The van der Waals surface area contributed by atoms with Gasteiger partial charge in [0, 0.05) is 24.6 Å². The van der Waals surface area contributed by atoms with Crippen molar-refractivity contribution in [1.82, 2.24) is 0 Å². The Bertz CT molecular complexity index is 505. The summed E-state index contributed by atoms with van der Waals surface area (Å²) in [4.78, 5) is 11.8. The average Bonchev–Trinajstić information content (AvgIpc) is 2.79. The topological polar surface area (TPSA) is 82.8 Å². The second-order valence-electron chi connectivity index (χ2n) is 4.91. The summed E-state index contributed by atoms with van der Waals surface area (Å²) in [5.41, 5.74) is 7.02. The van der Waals surface area contributed by atoms with E-state index in [1.165, 1.54) is 0 Å². The predicted molar refractivity (Wildman–Crippen MR) is 79.9 cm³/mol. The molecule has 21 heavy (non-hydrogen) atoms. The van der Waals surface area contributed by atoms with Crippen LogP contribution in [-0.2, 0) is 16.0 Å². The Labute approximate surface area is 124 Å². The number of hydrogen-bond acceptors (Lipinski definition) is 5. The van der Waals surface area contributed by atoms with E-state index in [0.717, 1.165) is 17.7 Å². The van der Waals surface area contributed by atoms with Gasteiger partial charge >= 0.3 is 0 Å². The Balaban J connectivity index is 2.10. The molecule has 0 spiro atoms. The van der Waals surface area contributed by atoms with Gasteiger partial charge < -0.3 is 25.3 Å². The molecule has 1 atom stereocenters. The molecule has 1 unspecified atom stereocenters. The summed E-state index contributed by atoms with van der Waals surface area (Å²) in [6.07, 6.45) is 0.997. The maximum Gasteiger partial charge on any atom is 0.250 e. The Morgan fingerprint density at radius 1 is 1.52 bits per heavy atom. The number of anilines is 1. The molecule has 1 amide bonds. The SMILES string of the molecule is CCOc1cc2c(cc1NC(=O)COCCN)OC(C)C2. The summed E-state index contributed by atoms with van der Waals surface area (Å²) in [6, 6.07) is 3.74. The Morgan fingerprint density at radius 2 is 2.33 bits per heavy atom. The zero-order valence-corrected chi connectivity index (χ0v) is 12.5. The van der Waals surface area contributed by atoms with Gasteiger partial charge in [0.05, 0.1) is 18.9 Å². The average molecular weight is 294 g/mol. The zero-order chi connectivity index (χ0) is 15.2. The first-order valence-corrected chi connectivity index (χ1v) is 7.18. The predicted octanol–water partition coefficient (Wildman–Crippen LogP) is 1.32. The molecule has 0 aliphatic carbocycles. The number of hydrogen-bond donors (Lipinski definition) is 2. The lowest BCUT2D eigenvalue weighted by molar-refractivity contribution is -0.120. The Hall–Kier alpha value is -1.79. The van der Waals surface area contributed by atoms with Gasteiger partial charge in [0.15, 0.2) is 0 Å². The highest BCUT2D eigenvalue weighted by Crippen LogP contribution is 2.37. The number of amides is 1. The molecule has 0 aromatic heterocycles. The highest BCUT2D eigenvalue weighted by Gasteiger charge is 2.22. The molecule has 1 aliphatic heterocycles. The number of carbonyl (C=O) groups is 1. The van der Waals surface area contributed by atoms with Crippen LogP contribution in [0.25, 0.3) is 0 Å². The number of benzene rings is 1. The fourth-order valence-corrected chi connectivity index (χ4v) is 2.25. The molecule has 0 saturated heterocycles. The van der Waals surface area contributed by atoms with Gasteiger partial charge in [-0.05, 0) is 19.9 Å². The summed E-state index contributed by atoms with van der Waals surface area (Å²) in [7, 11) is 0. The molecule has 116 valence electrons. The van der Waals surface area contributed by atoms with E-state index >= 15 is 0 Å². The fourth-order valence-electron chi connectivity index (χ4n) is 2.25. The smallest absolute Gasteiger partial charge is 0.250 e. The summed E-state index contributed by atoms with van der Waals surface area (Å²) in [6.45, 7) is 5.17. The minimum absolute atomic E-state index is 0.0306. The molecule has 3 N–H and O–H groups in total. The molecule has 1 heterocycles. The molecule has 6 heteroatoms. The monoisotopic (exact) mass is 294 g/mol. The van der Waals surface area contributed by atoms with E-state index in [9.17, 15) is 4.79 Å². The molecule has 0 bridgehead atoms. The van der Waals surface area contributed by atoms with Crippen molar-refractivity contribution >= 4 is 11.6 Å². The lowest BCUT2D eigenvalue weighted by Gasteiger charge is -2.13. The standard InChI is InChI=1S/C15H22N2O4/c1-3-20-14-7-11-6-10(2)21-13(11)8-12(14)17-15(18)9-19-5-4-16/h7-8,10H,3-6,9,16H2,1-2H3,(H,17,18). The number of ether oxygens (including phenoxy) is 3. The van der Waals surface area contributed by atoms with Gasteiger partial charge in [-0.1, -0.05) is 0 Å². The van der Waals surface area contributed by atoms with Gasteiger partial charge in [0.25, 0.3) is 0 Å². The second kappa shape index (κ2) is 7.28. The van der Waals surface area contributed by atoms with Crippen molar-refractivity contribution in [3.8, 4) is 11.5 Å². The van der Waals surface area contributed by atoms with Gasteiger partial charge in [0.2, 0.25) is 5.91 Å². The highest BCUT2D eigenvalue weighted by atomic mass is 16.5. The first-order valence-electron chi connectivity index (χ1n) is 7.18. The summed E-state index contributed by atoms with van der Waals surface area (Å²) < 4.78 is 16.4. The van der Waals surface area contributed by atoms with Crippen LogP contribution in [0.15, 0.2) is 12.1 Å².